The fourth-order valence-electron chi connectivity index (χ4n) is 2.92. The molecule has 0 N–H and O–H groups in total. The van der Waals surface area contributed by atoms with Gasteiger partial charge in [-0.3, -0.25) is 4.57 Å². The van der Waals surface area contributed by atoms with E-state index in [1.807, 2.05) is 12.1 Å². The van der Waals surface area contributed by atoms with Crippen molar-refractivity contribution in [1.29, 1.82) is 5.26 Å². The number of hydrogen-bond donors (Lipinski definition) is 0. The number of rotatable bonds is 7. The number of aryl methyl sites for hydroxylation is 1. The second-order valence-corrected chi connectivity index (χ2v) is 7.88. The highest BCUT2D eigenvalue weighted by molar-refractivity contribution is 8.00. The topological polar surface area (TPSA) is 67.6 Å². The van der Waals surface area contributed by atoms with E-state index in [1.165, 1.54) is 17.3 Å². The summed E-state index contributed by atoms with van der Waals surface area (Å²) in [5.41, 5.74) is 2.39. The van der Waals surface area contributed by atoms with Crippen LogP contribution in [0.15, 0.2) is 52.2 Å². The number of thioether (sulfide) groups is 1. The van der Waals surface area contributed by atoms with Crippen LogP contribution < -0.4 is 0 Å². The van der Waals surface area contributed by atoms with E-state index in [-0.39, 0.29) is 5.25 Å². The van der Waals surface area contributed by atoms with Gasteiger partial charge in [-0.15, -0.1) is 10.2 Å². The van der Waals surface area contributed by atoms with Crippen molar-refractivity contribution in [3.63, 3.8) is 0 Å². The molecular weight excluding hydrogens is 344 g/mol. The fourth-order valence-corrected chi connectivity index (χ4v) is 3.87. The van der Waals surface area contributed by atoms with Crippen molar-refractivity contribution in [3.8, 4) is 6.07 Å². The molecule has 2 heterocycles. The second-order valence-electron chi connectivity index (χ2n) is 6.71. The lowest BCUT2D eigenvalue weighted by Crippen LogP contribution is -2.09. The molecule has 6 heteroatoms. The van der Waals surface area contributed by atoms with Crippen molar-refractivity contribution < 1.29 is 4.42 Å². The van der Waals surface area contributed by atoms with Gasteiger partial charge in [0.25, 0.3) is 0 Å². The molecule has 1 aromatic carbocycles. The molecule has 2 aromatic heterocycles. The smallest absolute Gasteiger partial charge is 0.192 e. The number of benzene rings is 1. The van der Waals surface area contributed by atoms with Crippen LogP contribution in [0.4, 0.5) is 0 Å². The van der Waals surface area contributed by atoms with Gasteiger partial charge in [0.1, 0.15) is 16.8 Å². The standard InChI is InChI=1S/C20H20N4OS/c1-14-4-6-15(7-5-14)11-18(12-21)26-20-23-22-19(16-8-9-16)24(20)13-17-3-2-10-25-17/h2-7,10,16,18H,8-9,11,13H2,1H3. The summed E-state index contributed by atoms with van der Waals surface area (Å²) in [5.74, 6) is 2.38. The molecule has 1 aliphatic carbocycles. The van der Waals surface area contributed by atoms with Crippen LogP contribution in [0.25, 0.3) is 0 Å². The van der Waals surface area contributed by atoms with Gasteiger partial charge in [0, 0.05) is 5.92 Å². The molecule has 1 aliphatic rings. The Morgan fingerprint density at radius 2 is 2.08 bits per heavy atom. The lowest BCUT2D eigenvalue weighted by atomic mass is 10.1. The number of furan rings is 1. The summed E-state index contributed by atoms with van der Waals surface area (Å²) in [7, 11) is 0. The van der Waals surface area contributed by atoms with E-state index in [2.05, 4.69) is 52.0 Å². The Morgan fingerprint density at radius 3 is 2.73 bits per heavy atom. The van der Waals surface area contributed by atoms with Crippen molar-refractivity contribution in [2.45, 2.75) is 49.1 Å². The van der Waals surface area contributed by atoms with E-state index < -0.39 is 0 Å². The van der Waals surface area contributed by atoms with Gasteiger partial charge < -0.3 is 4.42 Å². The number of aromatic nitrogens is 3. The minimum Gasteiger partial charge on any atom is -0.467 e. The summed E-state index contributed by atoms with van der Waals surface area (Å²) in [6, 6.07) is 14.6. The largest absolute Gasteiger partial charge is 0.467 e. The zero-order valence-corrected chi connectivity index (χ0v) is 15.4. The van der Waals surface area contributed by atoms with Gasteiger partial charge in [0.2, 0.25) is 0 Å². The molecule has 1 fully saturated rings. The first-order chi connectivity index (χ1) is 12.7. The first-order valence-electron chi connectivity index (χ1n) is 8.80. The molecule has 0 amide bonds. The maximum atomic E-state index is 9.63. The first kappa shape index (κ1) is 16.9. The molecule has 4 rings (SSSR count). The lowest BCUT2D eigenvalue weighted by Gasteiger charge is -2.11. The van der Waals surface area contributed by atoms with Gasteiger partial charge in [0.05, 0.1) is 18.9 Å². The van der Waals surface area contributed by atoms with E-state index in [9.17, 15) is 5.26 Å². The SMILES string of the molecule is Cc1ccc(CC(C#N)Sc2nnc(C3CC3)n2Cc2ccco2)cc1. The fraction of sp³-hybridized carbons (Fsp3) is 0.350. The van der Waals surface area contributed by atoms with E-state index in [4.69, 9.17) is 4.42 Å². The molecule has 1 saturated carbocycles. The summed E-state index contributed by atoms with van der Waals surface area (Å²) in [5, 5.41) is 19.0. The van der Waals surface area contributed by atoms with Gasteiger partial charge in [0.15, 0.2) is 5.16 Å². The van der Waals surface area contributed by atoms with Crippen LogP contribution in [0.2, 0.25) is 0 Å². The van der Waals surface area contributed by atoms with Crippen molar-refractivity contribution in [2.24, 2.45) is 0 Å². The zero-order valence-electron chi connectivity index (χ0n) is 14.6. The zero-order chi connectivity index (χ0) is 17.9. The summed E-state index contributed by atoms with van der Waals surface area (Å²) >= 11 is 1.49. The Kier molecular flexibility index (Phi) is 4.81. The summed E-state index contributed by atoms with van der Waals surface area (Å²) in [6.07, 6.45) is 4.69. The predicted octanol–water partition coefficient (Wildman–Crippen LogP) is 4.33. The van der Waals surface area contributed by atoms with Crippen LogP contribution in [0, 0.1) is 18.3 Å². The highest BCUT2D eigenvalue weighted by Gasteiger charge is 2.31. The Hall–Kier alpha value is -2.52. The molecule has 3 aromatic rings. The van der Waals surface area contributed by atoms with Crippen LogP contribution in [0.3, 0.4) is 0 Å². The molecule has 26 heavy (non-hydrogen) atoms. The summed E-state index contributed by atoms with van der Waals surface area (Å²) in [6.45, 7) is 2.67. The van der Waals surface area contributed by atoms with Gasteiger partial charge in [-0.05, 0) is 43.9 Å². The molecule has 0 radical (unpaired) electrons. The minimum atomic E-state index is -0.204. The quantitative estimate of drug-likeness (QED) is 0.584. The van der Waals surface area contributed by atoms with Crippen LogP contribution in [0.5, 0.6) is 0 Å². The third-order valence-corrected chi connectivity index (χ3v) is 5.58. The maximum absolute atomic E-state index is 9.63. The molecule has 5 nitrogen and oxygen atoms in total. The Morgan fingerprint density at radius 1 is 1.27 bits per heavy atom. The predicted molar refractivity (Wildman–Crippen MR) is 99.9 cm³/mol. The van der Waals surface area contributed by atoms with E-state index in [0.717, 1.165) is 35.1 Å². The van der Waals surface area contributed by atoms with Gasteiger partial charge in [-0.25, -0.2) is 0 Å². The summed E-state index contributed by atoms with van der Waals surface area (Å²) in [4.78, 5) is 0. The van der Waals surface area contributed by atoms with Gasteiger partial charge in [-0.2, -0.15) is 5.26 Å². The monoisotopic (exact) mass is 364 g/mol. The van der Waals surface area contributed by atoms with Crippen LogP contribution in [-0.2, 0) is 13.0 Å². The van der Waals surface area contributed by atoms with Crippen molar-refractivity contribution >= 4 is 11.8 Å². The van der Waals surface area contributed by atoms with Crippen molar-refractivity contribution in [3.05, 3.63) is 65.4 Å². The Bertz CT molecular complexity index is 904. The van der Waals surface area contributed by atoms with E-state index in [0.29, 0.717) is 18.9 Å². The summed E-state index contributed by atoms with van der Waals surface area (Å²) < 4.78 is 7.62. The third kappa shape index (κ3) is 3.83. The third-order valence-electron chi connectivity index (χ3n) is 4.52. The van der Waals surface area contributed by atoms with E-state index in [1.54, 1.807) is 6.26 Å². The molecule has 0 aliphatic heterocycles. The first-order valence-corrected chi connectivity index (χ1v) is 9.68. The van der Waals surface area contributed by atoms with Gasteiger partial charge >= 0.3 is 0 Å². The van der Waals surface area contributed by atoms with Crippen LogP contribution in [-0.4, -0.2) is 20.0 Å². The molecule has 0 spiro atoms. The van der Waals surface area contributed by atoms with Crippen LogP contribution in [0.1, 0.15) is 41.5 Å². The minimum absolute atomic E-state index is 0.204. The molecule has 1 unspecified atom stereocenters. The maximum Gasteiger partial charge on any atom is 0.192 e. The highest BCUT2D eigenvalue weighted by atomic mass is 32.2. The highest BCUT2D eigenvalue weighted by Crippen LogP contribution is 2.40. The second kappa shape index (κ2) is 7.38. The lowest BCUT2D eigenvalue weighted by molar-refractivity contribution is 0.478. The molecule has 1 atom stereocenters. The Balaban J connectivity index is 1.54. The average molecular weight is 364 g/mol. The molecule has 132 valence electrons. The molecule has 0 bridgehead atoms. The molecular formula is C20H20N4OS. The van der Waals surface area contributed by atoms with Crippen LogP contribution >= 0.6 is 11.8 Å². The van der Waals surface area contributed by atoms with Crippen molar-refractivity contribution in [2.75, 3.05) is 0 Å². The number of nitrogens with zero attached hydrogens (tertiary/aromatic N) is 4. The van der Waals surface area contributed by atoms with E-state index >= 15 is 0 Å². The average Bonchev–Trinajstić information content (AvgIpc) is 3.22. The molecule has 0 saturated heterocycles. The van der Waals surface area contributed by atoms with Crippen molar-refractivity contribution in [1.82, 2.24) is 14.8 Å². The Labute approximate surface area is 157 Å². The number of hydrogen-bond acceptors (Lipinski definition) is 5. The normalized spacial score (nSPS) is 14.9. The number of nitriles is 1. The van der Waals surface area contributed by atoms with Gasteiger partial charge in [-0.1, -0.05) is 41.6 Å².